The van der Waals surface area contributed by atoms with Crippen LogP contribution in [0.15, 0.2) is 6.07 Å². The number of aromatic nitrogens is 2. The zero-order valence-corrected chi connectivity index (χ0v) is 19.9. The summed E-state index contributed by atoms with van der Waals surface area (Å²) in [5.74, 6) is -3.83. The molecule has 33 heavy (non-hydrogen) atoms. The lowest BCUT2D eigenvalue weighted by Gasteiger charge is -2.44. The van der Waals surface area contributed by atoms with E-state index in [1.54, 1.807) is 0 Å². The van der Waals surface area contributed by atoms with Gasteiger partial charge in [0.2, 0.25) is 0 Å². The maximum atomic E-state index is 12.0. The number of amides is 1. The van der Waals surface area contributed by atoms with Gasteiger partial charge in [-0.1, -0.05) is 15.9 Å². The highest BCUT2D eigenvalue weighted by molar-refractivity contribution is 9.08. The number of nitrogens with zero attached hydrogens (tertiary/aromatic N) is 2. The highest BCUT2D eigenvalue weighted by atomic mass is 79.9. The van der Waals surface area contributed by atoms with Crippen LogP contribution in [-0.4, -0.2) is 70.6 Å². The SMILES string of the molecule is CC(=O)OC[C@@H]1O[C@@H](n2nc(CBr)cc2C(N)=O)[C@@H](OC(C)=O)[C@@H](OC(C)=O)[C@@H]1OC(C)=O. The zero-order valence-electron chi connectivity index (χ0n) is 18.3. The van der Waals surface area contributed by atoms with Crippen molar-refractivity contribution < 1.29 is 47.7 Å². The number of alkyl halides is 1. The van der Waals surface area contributed by atoms with Crippen molar-refractivity contribution in [3.05, 3.63) is 17.5 Å². The van der Waals surface area contributed by atoms with Crippen molar-refractivity contribution in [2.75, 3.05) is 6.61 Å². The Balaban J connectivity index is 2.65. The Morgan fingerprint density at radius 3 is 2.00 bits per heavy atom. The summed E-state index contributed by atoms with van der Waals surface area (Å²) in [5, 5.41) is 4.51. The van der Waals surface area contributed by atoms with Crippen LogP contribution in [0.2, 0.25) is 0 Å². The van der Waals surface area contributed by atoms with Crippen LogP contribution in [0.1, 0.15) is 50.1 Å². The fourth-order valence-corrected chi connectivity index (χ4v) is 3.56. The van der Waals surface area contributed by atoms with Gasteiger partial charge in [0.05, 0.1) is 5.69 Å². The van der Waals surface area contributed by atoms with Crippen LogP contribution in [0, 0.1) is 0 Å². The normalized spacial score (nSPS) is 24.5. The van der Waals surface area contributed by atoms with Gasteiger partial charge in [-0.05, 0) is 6.07 Å². The molecule has 1 aliphatic heterocycles. The van der Waals surface area contributed by atoms with E-state index >= 15 is 0 Å². The van der Waals surface area contributed by atoms with Crippen LogP contribution in [0.3, 0.4) is 0 Å². The monoisotopic (exact) mass is 533 g/mol. The predicted molar refractivity (Wildman–Crippen MR) is 111 cm³/mol. The summed E-state index contributed by atoms with van der Waals surface area (Å²) in [6, 6.07) is 1.39. The highest BCUT2D eigenvalue weighted by Crippen LogP contribution is 2.35. The maximum Gasteiger partial charge on any atom is 0.303 e. The molecule has 2 heterocycles. The van der Waals surface area contributed by atoms with Crippen LogP contribution in [0.5, 0.6) is 0 Å². The summed E-state index contributed by atoms with van der Waals surface area (Å²) in [5.41, 5.74) is 5.78. The fraction of sp³-hybridized carbons (Fsp3) is 0.579. The van der Waals surface area contributed by atoms with Crippen molar-refractivity contribution in [3.8, 4) is 0 Å². The summed E-state index contributed by atoms with van der Waals surface area (Å²) in [4.78, 5) is 59.0. The molecule has 0 aliphatic carbocycles. The Morgan fingerprint density at radius 1 is 0.970 bits per heavy atom. The van der Waals surface area contributed by atoms with E-state index in [4.69, 9.17) is 29.4 Å². The van der Waals surface area contributed by atoms with E-state index in [1.165, 1.54) is 6.07 Å². The first-order valence-corrected chi connectivity index (χ1v) is 10.8. The van der Waals surface area contributed by atoms with Crippen molar-refractivity contribution in [1.82, 2.24) is 9.78 Å². The van der Waals surface area contributed by atoms with Gasteiger partial charge in [-0.2, -0.15) is 5.10 Å². The highest BCUT2D eigenvalue weighted by Gasteiger charge is 2.53. The summed E-state index contributed by atoms with van der Waals surface area (Å²) >= 11 is 3.23. The molecule has 14 heteroatoms. The molecule has 2 rings (SSSR count). The molecule has 1 saturated heterocycles. The van der Waals surface area contributed by atoms with Crippen LogP contribution in [0.25, 0.3) is 0 Å². The average molecular weight is 534 g/mol. The Hall–Kier alpha value is -3.00. The minimum absolute atomic E-state index is 0.0923. The van der Waals surface area contributed by atoms with Crippen molar-refractivity contribution in [2.24, 2.45) is 5.73 Å². The molecule has 0 spiro atoms. The van der Waals surface area contributed by atoms with Gasteiger partial charge in [-0.3, -0.25) is 24.0 Å². The Bertz CT molecular complexity index is 933. The predicted octanol–water partition coefficient (Wildman–Crippen LogP) is 0.133. The first kappa shape index (κ1) is 26.3. The summed E-state index contributed by atoms with van der Waals surface area (Å²) in [7, 11) is 0. The van der Waals surface area contributed by atoms with E-state index in [0.717, 1.165) is 32.4 Å². The Kier molecular flexibility index (Phi) is 8.93. The minimum Gasteiger partial charge on any atom is -0.463 e. The number of hydrogen-bond donors (Lipinski definition) is 1. The second kappa shape index (κ2) is 11.2. The van der Waals surface area contributed by atoms with Crippen molar-refractivity contribution in [3.63, 3.8) is 0 Å². The smallest absolute Gasteiger partial charge is 0.303 e. The molecule has 0 radical (unpaired) electrons. The van der Waals surface area contributed by atoms with E-state index in [2.05, 4.69) is 21.0 Å². The molecule has 1 aromatic rings. The third-order valence-corrected chi connectivity index (χ3v) is 4.96. The number of carbonyl (C=O) groups is 5. The van der Waals surface area contributed by atoms with E-state index in [-0.39, 0.29) is 11.0 Å². The summed E-state index contributed by atoms with van der Waals surface area (Å²) in [6.07, 6.45) is -6.68. The standard InChI is InChI=1S/C19H24BrN3O10/c1-8(24)29-7-14-15(30-9(2)25)16(31-10(3)26)17(32-11(4)27)19(33-14)23-13(18(21)28)5-12(6-20)22-23/h5,14-17,19H,6-7H2,1-4H3,(H2,21,28)/t14-,15+,16-,17-,19+/m0/s1. The molecular weight excluding hydrogens is 510 g/mol. The molecule has 0 aromatic carbocycles. The van der Waals surface area contributed by atoms with Crippen LogP contribution < -0.4 is 5.73 Å². The molecule has 1 aliphatic rings. The van der Waals surface area contributed by atoms with Gasteiger partial charge < -0.3 is 29.4 Å². The molecule has 5 atom stereocenters. The van der Waals surface area contributed by atoms with Gasteiger partial charge >= 0.3 is 23.9 Å². The third-order valence-electron chi connectivity index (χ3n) is 4.38. The third kappa shape index (κ3) is 6.74. The fourth-order valence-electron chi connectivity index (χ4n) is 3.29. The van der Waals surface area contributed by atoms with Gasteiger partial charge in [-0.25, -0.2) is 4.68 Å². The first-order valence-electron chi connectivity index (χ1n) is 9.69. The molecule has 182 valence electrons. The zero-order chi connectivity index (χ0) is 24.9. The Labute approximate surface area is 196 Å². The minimum atomic E-state index is -1.41. The lowest BCUT2D eigenvalue weighted by molar-refractivity contribution is -0.270. The second-order valence-electron chi connectivity index (χ2n) is 7.05. The molecule has 2 N–H and O–H groups in total. The van der Waals surface area contributed by atoms with Gasteiger partial charge in [0.25, 0.3) is 5.91 Å². The molecule has 1 amide bonds. The van der Waals surface area contributed by atoms with Gasteiger partial charge in [0.15, 0.2) is 24.5 Å². The molecule has 0 unspecified atom stereocenters. The van der Waals surface area contributed by atoms with Crippen molar-refractivity contribution in [2.45, 2.75) is 63.7 Å². The topological polar surface area (TPSA) is 175 Å². The lowest BCUT2D eigenvalue weighted by Crippen LogP contribution is -2.61. The van der Waals surface area contributed by atoms with E-state index < -0.39 is 67.0 Å². The number of ether oxygens (including phenoxy) is 5. The number of carbonyl (C=O) groups excluding carboxylic acids is 5. The molecular formula is C19H24BrN3O10. The largest absolute Gasteiger partial charge is 0.463 e. The van der Waals surface area contributed by atoms with E-state index in [9.17, 15) is 24.0 Å². The number of hydrogen-bond acceptors (Lipinski definition) is 11. The van der Waals surface area contributed by atoms with Crippen LogP contribution >= 0.6 is 15.9 Å². The lowest BCUT2D eigenvalue weighted by atomic mass is 9.97. The van der Waals surface area contributed by atoms with E-state index in [0.29, 0.717) is 5.69 Å². The van der Waals surface area contributed by atoms with Gasteiger partial charge in [0, 0.05) is 33.0 Å². The van der Waals surface area contributed by atoms with E-state index in [1.807, 2.05) is 0 Å². The average Bonchev–Trinajstić information content (AvgIpc) is 3.13. The summed E-state index contributed by atoms with van der Waals surface area (Å²) < 4.78 is 28.1. The van der Waals surface area contributed by atoms with Gasteiger partial charge in [0.1, 0.15) is 18.4 Å². The molecule has 13 nitrogen and oxygen atoms in total. The quantitative estimate of drug-likeness (QED) is 0.273. The number of halogens is 1. The maximum absolute atomic E-state index is 12.0. The van der Waals surface area contributed by atoms with Gasteiger partial charge in [-0.15, -0.1) is 0 Å². The number of esters is 4. The molecule has 0 bridgehead atoms. The second-order valence-corrected chi connectivity index (χ2v) is 7.61. The van der Waals surface area contributed by atoms with Crippen LogP contribution in [-0.2, 0) is 48.2 Å². The van der Waals surface area contributed by atoms with Crippen LogP contribution in [0.4, 0.5) is 0 Å². The molecule has 1 aromatic heterocycles. The first-order chi connectivity index (χ1) is 15.4. The molecule has 0 saturated carbocycles. The Morgan fingerprint density at radius 2 is 1.52 bits per heavy atom. The number of rotatable bonds is 8. The van der Waals surface area contributed by atoms with Crippen molar-refractivity contribution in [1.29, 1.82) is 0 Å². The molecule has 1 fully saturated rings. The summed E-state index contributed by atoms with van der Waals surface area (Å²) in [6.45, 7) is 4.07. The number of primary amides is 1. The van der Waals surface area contributed by atoms with Crippen molar-refractivity contribution >= 4 is 45.7 Å². The number of nitrogens with two attached hydrogens (primary N) is 1.